The van der Waals surface area contributed by atoms with Crippen LogP contribution in [-0.2, 0) is 14.3 Å². The van der Waals surface area contributed by atoms with Gasteiger partial charge in [0.1, 0.15) is 6.10 Å². The molecule has 6 rings (SSSR count). The third kappa shape index (κ3) is 4.26. The van der Waals surface area contributed by atoms with E-state index in [0.717, 1.165) is 64.2 Å². The van der Waals surface area contributed by atoms with Crippen LogP contribution in [0.5, 0.6) is 0 Å². The Balaban J connectivity index is 1.34. The van der Waals surface area contributed by atoms with E-state index >= 15 is 0 Å². The van der Waals surface area contributed by atoms with Gasteiger partial charge in [0.25, 0.3) is 0 Å². The van der Waals surface area contributed by atoms with Crippen molar-refractivity contribution < 1.29 is 24.2 Å². The summed E-state index contributed by atoms with van der Waals surface area (Å²) in [4.78, 5) is 26.7. The number of carbonyl (C=O) groups is 2. The maximum absolute atomic E-state index is 13.5. The summed E-state index contributed by atoms with van der Waals surface area (Å²) in [7, 11) is 1.57. The molecule has 4 saturated carbocycles. The van der Waals surface area contributed by atoms with Crippen LogP contribution in [0, 0.1) is 50.2 Å². The highest BCUT2D eigenvalue weighted by molar-refractivity contribution is 5.89. The number of hydrogen-bond donors (Lipinski definition) is 1. The van der Waals surface area contributed by atoms with E-state index in [1.807, 2.05) is 18.2 Å². The summed E-state index contributed by atoms with van der Waals surface area (Å²) in [5.41, 5.74) is 1.56. The molecule has 43 heavy (non-hydrogen) atoms. The van der Waals surface area contributed by atoms with Crippen LogP contribution >= 0.6 is 0 Å². The van der Waals surface area contributed by atoms with Gasteiger partial charge in [-0.15, -0.1) is 0 Å². The predicted molar refractivity (Wildman–Crippen MR) is 168 cm³/mol. The molecule has 5 aliphatic rings. The Kier molecular flexibility index (Phi) is 7.31. The second kappa shape index (κ2) is 10.2. The Morgan fingerprint density at radius 3 is 2.26 bits per heavy atom. The minimum atomic E-state index is -0.496. The molecule has 5 nitrogen and oxygen atoms in total. The molecule has 0 heterocycles. The van der Waals surface area contributed by atoms with E-state index in [4.69, 9.17) is 9.47 Å². The van der Waals surface area contributed by atoms with Crippen molar-refractivity contribution in [1.82, 2.24) is 0 Å². The summed E-state index contributed by atoms with van der Waals surface area (Å²) >= 11 is 0. The van der Waals surface area contributed by atoms with Gasteiger partial charge in [-0.05, 0) is 116 Å². The quantitative estimate of drug-likeness (QED) is 0.283. The number of benzene rings is 1. The molecule has 0 aromatic heterocycles. The second-order valence-corrected chi connectivity index (χ2v) is 16.8. The van der Waals surface area contributed by atoms with E-state index in [1.54, 1.807) is 19.2 Å². The first kappa shape index (κ1) is 30.9. The summed E-state index contributed by atoms with van der Waals surface area (Å²) in [6, 6.07) is 9.23. The number of allylic oxidation sites excluding steroid dienone is 2. The smallest absolute Gasteiger partial charge is 0.338 e. The third-order valence-corrected chi connectivity index (χ3v) is 14.6. The first-order valence-electron chi connectivity index (χ1n) is 16.9. The molecule has 0 aliphatic heterocycles. The Hall–Kier alpha value is -2.14. The van der Waals surface area contributed by atoms with Crippen molar-refractivity contribution in [3.63, 3.8) is 0 Å². The van der Waals surface area contributed by atoms with E-state index in [0.29, 0.717) is 11.5 Å². The third-order valence-electron chi connectivity index (χ3n) is 14.6. The van der Waals surface area contributed by atoms with Crippen molar-refractivity contribution in [2.45, 2.75) is 112 Å². The van der Waals surface area contributed by atoms with E-state index in [2.05, 4.69) is 47.6 Å². The van der Waals surface area contributed by atoms with Crippen molar-refractivity contribution in [3.8, 4) is 0 Å². The SMILES string of the molecule is COC(=O)[C@]12CCC(C)(C)C[C@@H]1C1=CC[C@@H]3[C@@]4(C)CC[C@H](OC(=O)c5ccccc5)[C@@](C)(CO)C4CC[C@@]3(C)[C@]1(C)CC2. The molecule has 9 atom stereocenters. The van der Waals surface area contributed by atoms with Crippen LogP contribution in [0.25, 0.3) is 0 Å². The Labute approximate surface area is 259 Å². The van der Waals surface area contributed by atoms with Crippen LogP contribution in [0.1, 0.15) is 116 Å². The lowest BCUT2D eigenvalue weighted by Gasteiger charge is -2.71. The maximum Gasteiger partial charge on any atom is 0.338 e. The molecule has 0 bridgehead atoms. The van der Waals surface area contributed by atoms with Gasteiger partial charge in [-0.2, -0.15) is 0 Å². The number of ether oxygens (including phenoxy) is 2. The second-order valence-electron chi connectivity index (χ2n) is 16.8. The van der Waals surface area contributed by atoms with Crippen LogP contribution in [-0.4, -0.2) is 36.9 Å². The number of carbonyl (C=O) groups excluding carboxylic acids is 2. The van der Waals surface area contributed by atoms with Gasteiger partial charge in [-0.25, -0.2) is 4.79 Å². The number of rotatable bonds is 4. The lowest BCUT2D eigenvalue weighted by Crippen LogP contribution is -2.66. The van der Waals surface area contributed by atoms with Gasteiger partial charge in [-0.1, -0.05) is 71.4 Å². The number of aliphatic hydroxyl groups is 1. The maximum atomic E-state index is 13.5. The van der Waals surface area contributed by atoms with E-state index in [9.17, 15) is 14.7 Å². The number of methoxy groups -OCH3 is 1. The van der Waals surface area contributed by atoms with E-state index in [-0.39, 0.29) is 58.1 Å². The van der Waals surface area contributed by atoms with Crippen molar-refractivity contribution in [1.29, 1.82) is 0 Å². The minimum Gasteiger partial charge on any atom is -0.469 e. The van der Waals surface area contributed by atoms with Crippen LogP contribution < -0.4 is 0 Å². The molecule has 236 valence electrons. The Morgan fingerprint density at radius 2 is 1.58 bits per heavy atom. The number of hydrogen-bond acceptors (Lipinski definition) is 5. The van der Waals surface area contributed by atoms with Gasteiger partial charge in [0.05, 0.1) is 24.7 Å². The van der Waals surface area contributed by atoms with Gasteiger partial charge in [0, 0.05) is 5.41 Å². The zero-order valence-corrected chi connectivity index (χ0v) is 27.6. The summed E-state index contributed by atoms with van der Waals surface area (Å²) < 4.78 is 11.7. The zero-order chi connectivity index (χ0) is 31.1. The largest absolute Gasteiger partial charge is 0.469 e. The van der Waals surface area contributed by atoms with Crippen molar-refractivity contribution in [3.05, 3.63) is 47.5 Å². The molecule has 0 radical (unpaired) electrons. The predicted octanol–water partition coefficient (Wildman–Crippen LogP) is 8.16. The summed E-state index contributed by atoms with van der Waals surface area (Å²) in [5.74, 6) is 0.670. The molecule has 5 heteroatoms. The molecule has 1 N–H and O–H groups in total. The molecule has 0 amide bonds. The monoisotopic (exact) mass is 590 g/mol. The molecule has 1 aromatic rings. The van der Waals surface area contributed by atoms with Crippen LogP contribution in [0.15, 0.2) is 42.0 Å². The molecular formula is C38H54O5. The molecule has 0 spiro atoms. The van der Waals surface area contributed by atoms with Crippen molar-refractivity contribution >= 4 is 11.9 Å². The zero-order valence-electron chi connectivity index (χ0n) is 27.6. The van der Waals surface area contributed by atoms with Gasteiger partial charge in [-0.3, -0.25) is 4.79 Å². The summed E-state index contributed by atoms with van der Waals surface area (Å²) in [5, 5.41) is 11.0. The van der Waals surface area contributed by atoms with Crippen molar-refractivity contribution in [2.24, 2.45) is 50.2 Å². The van der Waals surface area contributed by atoms with Crippen LogP contribution in [0.2, 0.25) is 0 Å². The Morgan fingerprint density at radius 1 is 0.884 bits per heavy atom. The molecule has 0 saturated heterocycles. The molecular weight excluding hydrogens is 536 g/mol. The highest BCUT2D eigenvalue weighted by Gasteiger charge is 2.70. The van der Waals surface area contributed by atoms with Gasteiger partial charge >= 0.3 is 11.9 Å². The topological polar surface area (TPSA) is 72.8 Å². The van der Waals surface area contributed by atoms with Gasteiger partial charge < -0.3 is 14.6 Å². The van der Waals surface area contributed by atoms with E-state index in [1.165, 1.54) is 5.57 Å². The van der Waals surface area contributed by atoms with Gasteiger partial charge in [0.2, 0.25) is 0 Å². The van der Waals surface area contributed by atoms with E-state index < -0.39 is 10.8 Å². The first-order chi connectivity index (χ1) is 20.2. The summed E-state index contributed by atoms with van der Waals surface area (Å²) in [6.07, 6.45) is 12.1. The molecule has 5 aliphatic carbocycles. The normalized spacial score (nSPS) is 44.9. The lowest BCUT2D eigenvalue weighted by molar-refractivity contribution is -0.217. The fourth-order valence-electron chi connectivity index (χ4n) is 11.8. The number of esters is 2. The van der Waals surface area contributed by atoms with Crippen LogP contribution in [0.3, 0.4) is 0 Å². The molecule has 1 unspecified atom stereocenters. The van der Waals surface area contributed by atoms with Crippen LogP contribution in [0.4, 0.5) is 0 Å². The minimum absolute atomic E-state index is 0.000908. The standard InChI is InChI=1S/C38H54O5/c1-33(2)19-21-38(32(41)42-7)22-20-36(5)26(27(38)23-33)13-14-29-34(3)17-16-30(43-31(40)25-11-9-8-10-12-25)35(4,24-39)28(34)15-18-37(29,36)6/h8-13,27-30,39H,14-24H2,1-7H3/t27-,28?,29-,30+,34+,35+,36-,37-,38+/m1/s1. The Bertz CT molecular complexity index is 1300. The average molecular weight is 591 g/mol. The molecule has 1 aromatic carbocycles. The first-order valence-corrected chi connectivity index (χ1v) is 16.9. The van der Waals surface area contributed by atoms with Gasteiger partial charge in [0.15, 0.2) is 0 Å². The number of fused-ring (bicyclic) bond motifs is 7. The highest BCUT2D eigenvalue weighted by Crippen LogP contribution is 2.76. The summed E-state index contributed by atoms with van der Waals surface area (Å²) in [6.45, 7) is 14.5. The fourth-order valence-corrected chi connectivity index (χ4v) is 11.8. The fraction of sp³-hybridized carbons (Fsp3) is 0.737. The number of aliphatic hydroxyl groups excluding tert-OH is 1. The highest BCUT2D eigenvalue weighted by atomic mass is 16.5. The molecule has 4 fully saturated rings. The van der Waals surface area contributed by atoms with Crippen molar-refractivity contribution in [2.75, 3.05) is 13.7 Å². The lowest BCUT2D eigenvalue weighted by atomic mass is 9.33. The average Bonchev–Trinajstić information content (AvgIpc) is 2.98.